The van der Waals surface area contributed by atoms with E-state index in [0.717, 1.165) is 25.0 Å². The van der Waals surface area contributed by atoms with E-state index in [1.165, 1.54) is 18.4 Å². The molecule has 0 fully saturated rings. The molecule has 1 aliphatic carbocycles. The van der Waals surface area contributed by atoms with Crippen molar-refractivity contribution >= 4 is 5.82 Å². The maximum atomic E-state index is 9.33. The lowest BCUT2D eigenvalue weighted by atomic mass is 9.94. The lowest BCUT2D eigenvalue weighted by Crippen LogP contribution is -2.31. The summed E-state index contributed by atoms with van der Waals surface area (Å²) in [6.07, 6.45) is 5.44. The predicted molar refractivity (Wildman–Crippen MR) is 81.5 cm³/mol. The second-order valence-corrected chi connectivity index (χ2v) is 6.02. The molecular formula is C16H24N4. The lowest BCUT2D eigenvalue weighted by molar-refractivity contribution is 0.520. The van der Waals surface area contributed by atoms with E-state index in [-0.39, 0.29) is 6.04 Å². The van der Waals surface area contributed by atoms with Crippen LogP contribution in [0.3, 0.4) is 0 Å². The number of nitrogens with one attached hydrogen (secondary N) is 1. The summed E-state index contributed by atoms with van der Waals surface area (Å²) >= 11 is 0. The van der Waals surface area contributed by atoms with E-state index >= 15 is 0 Å². The first kappa shape index (κ1) is 14.8. The maximum absolute atomic E-state index is 9.33. The van der Waals surface area contributed by atoms with E-state index in [1.54, 1.807) is 0 Å². The van der Waals surface area contributed by atoms with Gasteiger partial charge in [-0.05, 0) is 49.7 Å². The van der Waals surface area contributed by atoms with Gasteiger partial charge in [0.05, 0.1) is 5.56 Å². The van der Waals surface area contributed by atoms with Crippen molar-refractivity contribution < 1.29 is 0 Å². The summed E-state index contributed by atoms with van der Waals surface area (Å²) in [7, 11) is 0. The third kappa shape index (κ3) is 3.49. The molecule has 1 aromatic rings. The summed E-state index contributed by atoms with van der Waals surface area (Å²) in [5, 5.41) is 12.7. The Morgan fingerprint density at radius 1 is 1.40 bits per heavy atom. The number of rotatable bonds is 5. The molecule has 1 atom stereocenters. The van der Waals surface area contributed by atoms with Crippen molar-refractivity contribution in [3.05, 3.63) is 22.9 Å². The Balaban J connectivity index is 2.24. The number of aromatic nitrogens is 1. The lowest BCUT2D eigenvalue weighted by Gasteiger charge is -2.22. The minimum atomic E-state index is 0.177. The minimum Gasteiger partial charge on any atom is -0.365 e. The Kier molecular flexibility index (Phi) is 4.97. The van der Waals surface area contributed by atoms with Gasteiger partial charge < -0.3 is 11.1 Å². The van der Waals surface area contributed by atoms with Crippen LogP contribution in [0.5, 0.6) is 0 Å². The van der Waals surface area contributed by atoms with Gasteiger partial charge in [0.15, 0.2) is 0 Å². The van der Waals surface area contributed by atoms with Gasteiger partial charge in [-0.15, -0.1) is 0 Å². The number of nitrogens with two attached hydrogens (primary N) is 1. The number of pyridine rings is 1. The van der Waals surface area contributed by atoms with Crippen LogP contribution in [-0.4, -0.2) is 17.6 Å². The van der Waals surface area contributed by atoms with Crippen LogP contribution < -0.4 is 11.1 Å². The van der Waals surface area contributed by atoms with E-state index in [0.29, 0.717) is 23.8 Å². The quantitative estimate of drug-likeness (QED) is 0.864. The highest BCUT2D eigenvalue weighted by molar-refractivity contribution is 5.55. The average molecular weight is 272 g/mol. The Morgan fingerprint density at radius 2 is 2.15 bits per heavy atom. The van der Waals surface area contributed by atoms with Crippen LogP contribution in [-0.2, 0) is 12.8 Å². The zero-order valence-electron chi connectivity index (χ0n) is 12.4. The molecule has 20 heavy (non-hydrogen) atoms. The van der Waals surface area contributed by atoms with Crippen molar-refractivity contribution in [2.75, 3.05) is 11.9 Å². The van der Waals surface area contributed by atoms with Gasteiger partial charge in [0, 0.05) is 18.3 Å². The second-order valence-electron chi connectivity index (χ2n) is 6.02. The molecule has 0 saturated heterocycles. The van der Waals surface area contributed by atoms with E-state index in [1.807, 2.05) is 6.07 Å². The standard InChI is InChI=1S/C16H24N4/c1-11(2)7-14(10-18)19-16-13(9-17)8-12-5-3-4-6-15(12)20-16/h8,11,14H,3-7,10,18H2,1-2H3,(H,19,20). The summed E-state index contributed by atoms with van der Waals surface area (Å²) in [6, 6.07) is 4.45. The van der Waals surface area contributed by atoms with E-state index in [2.05, 4.69) is 30.2 Å². The SMILES string of the molecule is CC(C)CC(CN)Nc1nc2c(cc1C#N)CCCC2. The molecular weight excluding hydrogens is 248 g/mol. The molecule has 4 heteroatoms. The van der Waals surface area contributed by atoms with Crippen LogP contribution in [0.4, 0.5) is 5.82 Å². The van der Waals surface area contributed by atoms with Crippen molar-refractivity contribution in [1.82, 2.24) is 4.98 Å². The van der Waals surface area contributed by atoms with Crippen molar-refractivity contribution in [2.24, 2.45) is 11.7 Å². The van der Waals surface area contributed by atoms with Crippen molar-refractivity contribution in [1.29, 1.82) is 5.26 Å². The number of hydrogen-bond donors (Lipinski definition) is 2. The van der Waals surface area contributed by atoms with Crippen LogP contribution in [0.15, 0.2) is 6.07 Å². The average Bonchev–Trinajstić information content (AvgIpc) is 2.45. The topological polar surface area (TPSA) is 74.7 Å². The summed E-state index contributed by atoms with van der Waals surface area (Å²) in [6.45, 7) is 4.91. The van der Waals surface area contributed by atoms with E-state index in [4.69, 9.17) is 5.73 Å². The highest BCUT2D eigenvalue weighted by atomic mass is 15.0. The molecule has 1 aromatic heterocycles. The first-order valence-corrected chi connectivity index (χ1v) is 7.53. The van der Waals surface area contributed by atoms with Gasteiger partial charge in [0.25, 0.3) is 0 Å². The third-order valence-electron chi connectivity index (χ3n) is 3.80. The molecule has 1 aliphatic rings. The predicted octanol–water partition coefficient (Wildman–Crippen LogP) is 2.62. The number of aryl methyl sites for hydroxylation is 2. The minimum absolute atomic E-state index is 0.177. The third-order valence-corrected chi connectivity index (χ3v) is 3.80. The zero-order chi connectivity index (χ0) is 14.5. The van der Waals surface area contributed by atoms with E-state index < -0.39 is 0 Å². The molecule has 2 rings (SSSR count). The van der Waals surface area contributed by atoms with Gasteiger partial charge >= 0.3 is 0 Å². The van der Waals surface area contributed by atoms with Gasteiger partial charge in [-0.2, -0.15) is 5.26 Å². The first-order valence-electron chi connectivity index (χ1n) is 7.53. The number of nitriles is 1. The number of anilines is 1. The Hall–Kier alpha value is -1.60. The second kappa shape index (κ2) is 6.71. The van der Waals surface area contributed by atoms with Gasteiger partial charge in [-0.25, -0.2) is 4.98 Å². The van der Waals surface area contributed by atoms with Crippen LogP contribution in [0.2, 0.25) is 0 Å². The molecule has 3 N–H and O–H groups in total. The number of fused-ring (bicyclic) bond motifs is 1. The summed E-state index contributed by atoms with van der Waals surface area (Å²) in [4.78, 5) is 4.69. The normalized spacial score (nSPS) is 15.6. The number of nitrogens with zero attached hydrogens (tertiary/aromatic N) is 2. The molecule has 4 nitrogen and oxygen atoms in total. The molecule has 1 heterocycles. The monoisotopic (exact) mass is 272 g/mol. The van der Waals surface area contributed by atoms with Crippen molar-refractivity contribution in [3.63, 3.8) is 0 Å². The Bertz CT molecular complexity index is 502. The fourth-order valence-electron chi connectivity index (χ4n) is 2.81. The van der Waals surface area contributed by atoms with Crippen LogP contribution >= 0.6 is 0 Å². The summed E-state index contributed by atoms with van der Waals surface area (Å²) in [5.74, 6) is 1.28. The summed E-state index contributed by atoms with van der Waals surface area (Å²) in [5.41, 5.74) is 8.86. The molecule has 108 valence electrons. The molecule has 0 bridgehead atoms. The molecule has 0 amide bonds. The molecule has 0 radical (unpaired) electrons. The van der Waals surface area contributed by atoms with Gasteiger partial charge in [0.1, 0.15) is 11.9 Å². The fraction of sp³-hybridized carbons (Fsp3) is 0.625. The molecule has 0 aliphatic heterocycles. The fourth-order valence-corrected chi connectivity index (χ4v) is 2.81. The smallest absolute Gasteiger partial charge is 0.144 e. The van der Waals surface area contributed by atoms with Crippen LogP contribution in [0, 0.1) is 17.2 Å². The molecule has 1 unspecified atom stereocenters. The van der Waals surface area contributed by atoms with Crippen LogP contribution in [0.1, 0.15) is 49.9 Å². The van der Waals surface area contributed by atoms with Crippen molar-refractivity contribution in [3.8, 4) is 6.07 Å². The van der Waals surface area contributed by atoms with Gasteiger partial charge in [-0.1, -0.05) is 13.8 Å². The zero-order valence-corrected chi connectivity index (χ0v) is 12.4. The number of hydrogen-bond acceptors (Lipinski definition) is 4. The highest BCUT2D eigenvalue weighted by Gasteiger charge is 2.17. The Labute approximate surface area is 121 Å². The van der Waals surface area contributed by atoms with E-state index in [9.17, 15) is 5.26 Å². The Morgan fingerprint density at radius 3 is 2.80 bits per heavy atom. The van der Waals surface area contributed by atoms with Crippen LogP contribution in [0.25, 0.3) is 0 Å². The van der Waals surface area contributed by atoms with Crippen molar-refractivity contribution in [2.45, 2.75) is 52.0 Å². The molecule has 0 saturated carbocycles. The highest BCUT2D eigenvalue weighted by Crippen LogP contribution is 2.25. The molecule has 0 spiro atoms. The summed E-state index contributed by atoms with van der Waals surface area (Å²) < 4.78 is 0. The molecule has 0 aromatic carbocycles. The largest absolute Gasteiger partial charge is 0.365 e. The van der Waals surface area contributed by atoms with Gasteiger partial charge in [-0.3, -0.25) is 0 Å². The first-order chi connectivity index (χ1) is 9.63. The van der Waals surface area contributed by atoms with Gasteiger partial charge in [0.2, 0.25) is 0 Å². The maximum Gasteiger partial charge on any atom is 0.144 e.